The average Bonchev–Trinajstić information content (AvgIpc) is 1.15. The number of benzene rings is 6. The normalized spacial score (nSPS) is 17.9. The Labute approximate surface area is 542 Å². The SMILES string of the molecule is CC1(C)CC(CC(=O)c2ccc(Oc3cccc(-c4ccnnc4)c3C#N)c(Cl)c2)CC(C)(C)N1.CC1(C)CC(CC(=O)c2ccc(Oc3ccccc3)cc2)CC(C)(C)N1.CC1(C)CC(CC(=O)c2ccc(Oc3ccccc3C#N)c(Cl)c2)CC(C)(C)N1. The number of nitrogens with zero attached hydrogens (tertiary/aromatic N) is 4. The fourth-order valence-electron chi connectivity index (χ4n) is 14.3. The van der Waals surface area contributed by atoms with Gasteiger partial charge in [-0.25, -0.2) is 0 Å². The molecule has 6 aromatic carbocycles. The third-order valence-electron chi connectivity index (χ3n) is 16.4. The van der Waals surface area contributed by atoms with Crippen LogP contribution < -0.4 is 30.2 Å². The van der Waals surface area contributed by atoms with Crippen LogP contribution in [0.5, 0.6) is 34.5 Å². The molecular weight excluding hydrogens is 1170 g/mol. The first-order chi connectivity index (χ1) is 42.4. The third-order valence-corrected chi connectivity index (χ3v) is 17.0. The van der Waals surface area contributed by atoms with Gasteiger partial charge in [0.2, 0.25) is 0 Å². The maximum Gasteiger partial charge on any atom is 0.163 e. The molecule has 7 aromatic rings. The smallest absolute Gasteiger partial charge is 0.163 e. The standard InChI is InChI=1S/C28H29ClN4O2.C24H27ClN2O2.C23H29NO2/c1-27(2)14-18(15-28(3,4)33-27)12-24(34)19-8-9-26(23(29)13-19)35-25-7-5-6-21(22(25)16-30)20-10-11-31-32-17-20;1-23(2)13-16(14-24(3,4)27-23)11-20(28)17-9-10-22(19(25)12-17)29-21-8-6-5-7-18(21)15-26;1-22(2)15-17(16-23(3,4)24-22)14-21(25)18-10-12-20(13-11-18)26-19-8-6-5-7-9-19/h5-11,13,17-18,33H,12,14-15H2,1-4H3;5-10,12,16,27H,11,13-14H2,1-4H3;5-13,17,24H,14-16H2,1-4H3. The van der Waals surface area contributed by atoms with Crippen molar-refractivity contribution in [2.45, 2.75) is 174 Å². The second-order valence-electron chi connectivity index (χ2n) is 28.3. The first kappa shape index (κ1) is 68.2. The highest BCUT2D eigenvalue weighted by Gasteiger charge is 2.41. The number of aromatic nitrogens is 2. The number of Topliss-reactive ketones (excluding diaryl/α,β-unsaturated/α-hetero) is 3. The van der Waals surface area contributed by atoms with E-state index in [2.05, 4.69) is 121 Å². The van der Waals surface area contributed by atoms with E-state index in [0.29, 0.717) is 97.9 Å². The molecule has 0 radical (unpaired) electrons. The maximum atomic E-state index is 13.1. The number of nitrogens with one attached hydrogen (secondary N) is 3. The van der Waals surface area contributed by atoms with Gasteiger partial charge in [-0.3, -0.25) is 14.4 Å². The summed E-state index contributed by atoms with van der Waals surface area (Å²) in [4.78, 5) is 38.7. The number of para-hydroxylation sites is 2. The Morgan fingerprint density at radius 3 is 1.30 bits per heavy atom. The Kier molecular flexibility index (Phi) is 21.7. The molecule has 4 heterocycles. The van der Waals surface area contributed by atoms with Gasteiger partial charge >= 0.3 is 0 Å². The lowest BCUT2D eigenvalue weighted by Crippen LogP contribution is -2.58. The van der Waals surface area contributed by atoms with Crippen molar-refractivity contribution in [2.75, 3.05) is 0 Å². The van der Waals surface area contributed by atoms with Crippen molar-refractivity contribution in [1.29, 1.82) is 10.5 Å². The molecule has 3 N–H and O–H groups in total. The zero-order chi connectivity index (χ0) is 65.2. The number of ketones is 3. The minimum Gasteiger partial charge on any atom is -0.457 e. The molecule has 3 aliphatic heterocycles. The van der Waals surface area contributed by atoms with Crippen LogP contribution in [0.4, 0.5) is 0 Å². The lowest BCUT2D eigenvalue weighted by molar-refractivity contribution is 0.0852. The molecule has 3 aliphatic rings. The van der Waals surface area contributed by atoms with Crippen molar-refractivity contribution < 1.29 is 28.6 Å². The number of piperidine rings is 3. The van der Waals surface area contributed by atoms with Gasteiger partial charge in [-0.05, 0) is 236 Å². The molecule has 15 heteroatoms. The Morgan fingerprint density at radius 1 is 0.456 bits per heavy atom. The Balaban J connectivity index is 0.000000176. The summed E-state index contributed by atoms with van der Waals surface area (Å²) in [5, 5.41) is 38.4. The van der Waals surface area contributed by atoms with Gasteiger partial charge in [0.1, 0.15) is 52.2 Å². The third kappa shape index (κ3) is 19.4. The van der Waals surface area contributed by atoms with Crippen molar-refractivity contribution in [1.82, 2.24) is 26.1 Å². The second kappa shape index (κ2) is 28.6. The number of carbonyl (C=O) groups excluding carboxylic acids is 3. The first-order valence-electron chi connectivity index (χ1n) is 30.9. The van der Waals surface area contributed by atoms with E-state index in [4.69, 9.17) is 37.4 Å². The van der Waals surface area contributed by atoms with Gasteiger partial charge in [0.15, 0.2) is 17.3 Å². The number of halogens is 2. The largest absolute Gasteiger partial charge is 0.457 e. The molecule has 470 valence electrons. The summed E-state index contributed by atoms with van der Waals surface area (Å²) in [5.74, 6) is 4.58. The molecule has 1 aromatic heterocycles. The van der Waals surface area contributed by atoms with Crippen LogP contribution in [0, 0.1) is 40.4 Å². The average molecular weight is 1250 g/mol. The van der Waals surface area contributed by atoms with Gasteiger partial charge < -0.3 is 30.2 Å². The molecule has 13 nitrogen and oxygen atoms in total. The number of rotatable bonds is 16. The van der Waals surface area contributed by atoms with Gasteiger partial charge in [-0.2, -0.15) is 20.7 Å². The Morgan fingerprint density at radius 2 is 0.867 bits per heavy atom. The molecule has 0 saturated carbocycles. The summed E-state index contributed by atoms with van der Waals surface area (Å²) in [7, 11) is 0. The zero-order valence-corrected chi connectivity index (χ0v) is 55.5. The molecule has 10 rings (SSSR count). The maximum absolute atomic E-state index is 13.1. The van der Waals surface area contributed by atoms with E-state index in [1.807, 2.05) is 60.7 Å². The molecular formula is C75H85Cl2N7O6. The van der Waals surface area contributed by atoms with E-state index < -0.39 is 0 Å². The van der Waals surface area contributed by atoms with Gasteiger partial charge in [0, 0.05) is 80.3 Å². The molecule has 0 spiro atoms. The van der Waals surface area contributed by atoms with E-state index in [-0.39, 0.29) is 50.6 Å². The van der Waals surface area contributed by atoms with Crippen LogP contribution in [0.1, 0.15) is 183 Å². The predicted molar refractivity (Wildman–Crippen MR) is 358 cm³/mol. The van der Waals surface area contributed by atoms with Crippen molar-refractivity contribution in [2.24, 2.45) is 17.8 Å². The van der Waals surface area contributed by atoms with Crippen LogP contribution in [-0.4, -0.2) is 60.8 Å². The van der Waals surface area contributed by atoms with E-state index in [1.54, 1.807) is 91.3 Å². The first-order valence-corrected chi connectivity index (χ1v) is 31.7. The van der Waals surface area contributed by atoms with Crippen molar-refractivity contribution in [3.05, 3.63) is 190 Å². The van der Waals surface area contributed by atoms with Crippen molar-refractivity contribution in [3.63, 3.8) is 0 Å². The highest BCUT2D eigenvalue weighted by molar-refractivity contribution is 6.33. The van der Waals surface area contributed by atoms with Crippen molar-refractivity contribution >= 4 is 40.6 Å². The Hall–Kier alpha value is -7.75. The summed E-state index contributed by atoms with van der Waals surface area (Å²) < 4.78 is 17.6. The molecule has 3 saturated heterocycles. The quantitative estimate of drug-likeness (QED) is 0.0776. The van der Waals surface area contributed by atoms with Crippen LogP contribution in [0.25, 0.3) is 11.1 Å². The molecule has 0 bridgehead atoms. The highest BCUT2D eigenvalue weighted by atomic mass is 35.5. The van der Waals surface area contributed by atoms with E-state index in [0.717, 1.165) is 61.2 Å². The predicted octanol–water partition coefficient (Wildman–Crippen LogP) is 18.3. The fourth-order valence-corrected chi connectivity index (χ4v) is 14.8. The molecule has 0 atom stereocenters. The molecule has 3 fully saturated rings. The van der Waals surface area contributed by atoms with Gasteiger partial charge in [0.25, 0.3) is 0 Å². The van der Waals surface area contributed by atoms with Gasteiger partial charge in [0.05, 0.1) is 28.0 Å². The van der Waals surface area contributed by atoms with Gasteiger partial charge in [-0.1, -0.05) is 65.7 Å². The topological polar surface area (TPSA) is 188 Å². The number of ether oxygens (including phenoxy) is 3. The lowest BCUT2D eigenvalue weighted by atomic mass is 9.74. The summed E-state index contributed by atoms with van der Waals surface area (Å²) in [6.45, 7) is 26.4. The zero-order valence-electron chi connectivity index (χ0n) is 54.0. The molecule has 0 unspecified atom stereocenters. The summed E-state index contributed by atoms with van der Waals surface area (Å²) in [6, 6.07) is 45.8. The molecule has 0 amide bonds. The monoisotopic (exact) mass is 1250 g/mol. The number of carbonyl (C=O) groups is 3. The second-order valence-corrected chi connectivity index (χ2v) is 29.2. The highest BCUT2D eigenvalue weighted by Crippen LogP contribution is 2.41. The molecule has 90 heavy (non-hydrogen) atoms. The minimum absolute atomic E-state index is 0.0101. The Bertz CT molecular complexity index is 3710. The summed E-state index contributed by atoms with van der Waals surface area (Å²) >= 11 is 12.9. The number of hydrogen-bond donors (Lipinski definition) is 3. The molecule has 0 aliphatic carbocycles. The van der Waals surface area contributed by atoms with E-state index in [9.17, 15) is 24.9 Å². The van der Waals surface area contributed by atoms with Crippen LogP contribution in [0.3, 0.4) is 0 Å². The lowest BCUT2D eigenvalue weighted by Gasteiger charge is -2.46. The van der Waals surface area contributed by atoms with Crippen LogP contribution in [-0.2, 0) is 0 Å². The van der Waals surface area contributed by atoms with E-state index >= 15 is 0 Å². The van der Waals surface area contributed by atoms with Gasteiger partial charge in [-0.15, -0.1) is 0 Å². The number of hydrogen-bond acceptors (Lipinski definition) is 13. The van der Waals surface area contributed by atoms with E-state index in [1.165, 1.54) is 0 Å². The minimum atomic E-state index is -0.0125. The van der Waals surface area contributed by atoms with Crippen LogP contribution in [0.2, 0.25) is 10.0 Å². The summed E-state index contributed by atoms with van der Waals surface area (Å²) in [5.41, 5.74) is 4.30. The fraction of sp³-hybridized carbons (Fsp3) is 0.400. The van der Waals surface area contributed by atoms with Crippen LogP contribution >= 0.6 is 23.2 Å². The number of nitriles is 2. The van der Waals surface area contributed by atoms with Crippen molar-refractivity contribution in [3.8, 4) is 57.8 Å². The van der Waals surface area contributed by atoms with Crippen LogP contribution in [0.15, 0.2) is 152 Å². The summed E-state index contributed by atoms with van der Waals surface area (Å²) in [6.07, 6.45) is 10.6.